The maximum Gasteiger partial charge on any atom is 0.124 e. The lowest BCUT2D eigenvalue weighted by molar-refractivity contribution is -0.126. The standard InChI is InChI=1S/C12H20O2/c1-8(2)10-5-4-9(3)11(6-13)12(10)7-14/h6-12H,4-5H2,1-3H3. The Labute approximate surface area is 86.1 Å². The van der Waals surface area contributed by atoms with Gasteiger partial charge in [-0.3, -0.25) is 0 Å². The quantitative estimate of drug-likeness (QED) is 0.649. The van der Waals surface area contributed by atoms with Gasteiger partial charge in [0.05, 0.1) is 0 Å². The van der Waals surface area contributed by atoms with Gasteiger partial charge in [0.25, 0.3) is 0 Å². The molecular formula is C12H20O2. The zero-order valence-corrected chi connectivity index (χ0v) is 9.27. The molecule has 4 unspecified atom stereocenters. The normalized spacial score (nSPS) is 38.3. The van der Waals surface area contributed by atoms with Crippen molar-refractivity contribution in [1.82, 2.24) is 0 Å². The summed E-state index contributed by atoms with van der Waals surface area (Å²) in [5.41, 5.74) is 0. The smallest absolute Gasteiger partial charge is 0.124 e. The molecule has 2 nitrogen and oxygen atoms in total. The molecule has 0 amide bonds. The van der Waals surface area contributed by atoms with Crippen LogP contribution in [0.15, 0.2) is 0 Å². The molecule has 1 fully saturated rings. The lowest BCUT2D eigenvalue weighted by Crippen LogP contribution is -2.37. The third-order valence-electron chi connectivity index (χ3n) is 3.72. The van der Waals surface area contributed by atoms with E-state index >= 15 is 0 Å². The zero-order valence-electron chi connectivity index (χ0n) is 9.27. The first-order valence-electron chi connectivity index (χ1n) is 5.52. The van der Waals surface area contributed by atoms with Gasteiger partial charge in [0.15, 0.2) is 0 Å². The van der Waals surface area contributed by atoms with E-state index in [1.807, 2.05) is 0 Å². The summed E-state index contributed by atoms with van der Waals surface area (Å²) in [5, 5.41) is 0. The maximum absolute atomic E-state index is 11.0. The summed E-state index contributed by atoms with van der Waals surface area (Å²) in [6.07, 6.45) is 4.15. The lowest BCUT2D eigenvalue weighted by Gasteiger charge is -2.38. The van der Waals surface area contributed by atoms with Crippen molar-refractivity contribution in [3.05, 3.63) is 0 Å². The Morgan fingerprint density at radius 1 is 1.07 bits per heavy atom. The van der Waals surface area contributed by atoms with E-state index in [-0.39, 0.29) is 11.8 Å². The summed E-state index contributed by atoms with van der Waals surface area (Å²) in [4.78, 5) is 22.0. The SMILES string of the molecule is CC(C)C1CCC(C)C(C=O)C1C=O. The van der Waals surface area contributed by atoms with Gasteiger partial charge in [0.2, 0.25) is 0 Å². The molecule has 4 atom stereocenters. The molecule has 0 aromatic rings. The van der Waals surface area contributed by atoms with Crippen molar-refractivity contribution in [1.29, 1.82) is 0 Å². The second-order valence-corrected chi connectivity index (χ2v) is 4.89. The molecule has 0 bridgehead atoms. The predicted octanol–water partition coefficient (Wildman–Crippen LogP) is 2.32. The molecule has 1 aliphatic carbocycles. The van der Waals surface area contributed by atoms with Crippen LogP contribution in [0.3, 0.4) is 0 Å². The van der Waals surface area contributed by atoms with Gasteiger partial charge in [-0.05, 0) is 30.6 Å². The second-order valence-electron chi connectivity index (χ2n) is 4.89. The van der Waals surface area contributed by atoms with Crippen molar-refractivity contribution >= 4 is 12.6 Å². The topological polar surface area (TPSA) is 34.1 Å². The number of hydrogen-bond acceptors (Lipinski definition) is 2. The molecule has 80 valence electrons. The van der Waals surface area contributed by atoms with E-state index in [9.17, 15) is 9.59 Å². The van der Waals surface area contributed by atoms with E-state index in [0.717, 1.165) is 25.4 Å². The molecule has 1 rings (SSSR count). The van der Waals surface area contributed by atoms with Gasteiger partial charge in [0.1, 0.15) is 12.6 Å². The fourth-order valence-corrected chi connectivity index (χ4v) is 2.70. The summed E-state index contributed by atoms with van der Waals surface area (Å²) < 4.78 is 0. The van der Waals surface area contributed by atoms with Crippen LogP contribution in [0, 0.1) is 29.6 Å². The van der Waals surface area contributed by atoms with Crippen LogP contribution in [0.5, 0.6) is 0 Å². The van der Waals surface area contributed by atoms with E-state index < -0.39 is 0 Å². The average Bonchev–Trinajstić information content (AvgIpc) is 2.16. The highest BCUT2D eigenvalue weighted by molar-refractivity contribution is 5.65. The van der Waals surface area contributed by atoms with Crippen LogP contribution in [0.25, 0.3) is 0 Å². The summed E-state index contributed by atoms with van der Waals surface area (Å²) in [7, 11) is 0. The van der Waals surface area contributed by atoms with E-state index in [1.54, 1.807) is 0 Å². The fourth-order valence-electron chi connectivity index (χ4n) is 2.70. The zero-order chi connectivity index (χ0) is 10.7. The van der Waals surface area contributed by atoms with Crippen molar-refractivity contribution in [3.63, 3.8) is 0 Å². The minimum Gasteiger partial charge on any atom is -0.303 e. The highest BCUT2D eigenvalue weighted by atomic mass is 16.1. The Bertz CT molecular complexity index is 210. The van der Waals surface area contributed by atoms with Gasteiger partial charge < -0.3 is 9.59 Å². The predicted molar refractivity (Wildman–Crippen MR) is 55.8 cm³/mol. The largest absolute Gasteiger partial charge is 0.303 e. The number of carbonyl (C=O) groups is 2. The first-order valence-corrected chi connectivity index (χ1v) is 5.52. The van der Waals surface area contributed by atoms with Crippen molar-refractivity contribution in [2.45, 2.75) is 33.6 Å². The summed E-state index contributed by atoms with van der Waals surface area (Å²) in [6.45, 7) is 6.35. The van der Waals surface area contributed by atoms with Gasteiger partial charge in [-0.25, -0.2) is 0 Å². The van der Waals surface area contributed by atoms with Crippen LogP contribution in [-0.2, 0) is 9.59 Å². The minimum absolute atomic E-state index is 0.0451. The van der Waals surface area contributed by atoms with Crippen LogP contribution >= 0.6 is 0 Å². The van der Waals surface area contributed by atoms with E-state index in [1.165, 1.54) is 0 Å². The van der Waals surface area contributed by atoms with Gasteiger partial charge in [-0.1, -0.05) is 20.8 Å². The minimum atomic E-state index is -0.0475. The third kappa shape index (κ3) is 2.05. The highest BCUT2D eigenvalue weighted by Gasteiger charge is 2.38. The van der Waals surface area contributed by atoms with Gasteiger partial charge in [-0.15, -0.1) is 0 Å². The molecule has 0 N–H and O–H groups in total. The molecule has 0 saturated heterocycles. The first kappa shape index (κ1) is 11.4. The molecule has 0 aromatic heterocycles. The molecule has 0 aliphatic heterocycles. The van der Waals surface area contributed by atoms with Crippen LogP contribution in [0.1, 0.15) is 33.6 Å². The maximum atomic E-state index is 11.0. The summed E-state index contributed by atoms with van der Waals surface area (Å²) in [6, 6.07) is 0. The highest BCUT2D eigenvalue weighted by Crippen LogP contribution is 2.40. The third-order valence-corrected chi connectivity index (χ3v) is 3.72. The lowest BCUT2D eigenvalue weighted by atomic mass is 9.65. The van der Waals surface area contributed by atoms with Crippen LogP contribution in [0.2, 0.25) is 0 Å². The van der Waals surface area contributed by atoms with Crippen LogP contribution < -0.4 is 0 Å². The summed E-state index contributed by atoms with van der Waals surface area (Å²) >= 11 is 0. The van der Waals surface area contributed by atoms with Gasteiger partial charge >= 0.3 is 0 Å². The Kier molecular flexibility index (Phi) is 3.85. The Morgan fingerprint density at radius 2 is 1.64 bits per heavy atom. The Balaban J connectivity index is 2.82. The molecule has 0 spiro atoms. The molecule has 0 radical (unpaired) electrons. The van der Waals surface area contributed by atoms with Gasteiger partial charge in [-0.2, -0.15) is 0 Å². The molecule has 0 heterocycles. The monoisotopic (exact) mass is 196 g/mol. The van der Waals surface area contributed by atoms with Crippen LogP contribution in [-0.4, -0.2) is 12.6 Å². The fraction of sp³-hybridized carbons (Fsp3) is 0.833. The number of rotatable bonds is 3. The molecule has 2 heteroatoms. The van der Waals surface area contributed by atoms with Crippen molar-refractivity contribution in [3.8, 4) is 0 Å². The van der Waals surface area contributed by atoms with Crippen molar-refractivity contribution < 1.29 is 9.59 Å². The average molecular weight is 196 g/mol. The summed E-state index contributed by atoms with van der Waals surface area (Å²) in [5.74, 6) is 1.18. The van der Waals surface area contributed by atoms with E-state index in [4.69, 9.17) is 0 Å². The first-order chi connectivity index (χ1) is 6.61. The molecule has 1 aliphatic rings. The number of aldehydes is 2. The second kappa shape index (κ2) is 4.72. The van der Waals surface area contributed by atoms with Crippen LogP contribution in [0.4, 0.5) is 0 Å². The number of hydrogen-bond donors (Lipinski definition) is 0. The van der Waals surface area contributed by atoms with E-state index in [2.05, 4.69) is 20.8 Å². The Hall–Kier alpha value is -0.660. The molecular weight excluding hydrogens is 176 g/mol. The number of carbonyl (C=O) groups excluding carboxylic acids is 2. The van der Waals surface area contributed by atoms with Crippen molar-refractivity contribution in [2.24, 2.45) is 29.6 Å². The Morgan fingerprint density at radius 3 is 2.07 bits per heavy atom. The molecule has 0 aromatic carbocycles. The van der Waals surface area contributed by atoms with Crippen molar-refractivity contribution in [2.75, 3.05) is 0 Å². The molecule has 1 saturated carbocycles. The van der Waals surface area contributed by atoms with Gasteiger partial charge in [0, 0.05) is 11.8 Å². The van der Waals surface area contributed by atoms with E-state index in [0.29, 0.717) is 17.8 Å². The molecule has 14 heavy (non-hydrogen) atoms.